The number of benzene rings is 2. The number of anilines is 5. The largest absolute Gasteiger partial charge is 0.371 e. The van der Waals surface area contributed by atoms with E-state index in [1.54, 1.807) is 31.7 Å². The van der Waals surface area contributed by atoms with Crippen LogP contribution in [0.1, 0.15) is 57.0 Å². The van der Waals surface area contributed by atoms with Gasteiger partial charge in [0.1, 0.15) is 10.8 Å². The lowest BCUT2D eigenvalue weighted by molar-refractivity contribution is -0.134. The zero-order valence-corrected chi connectivity index (χ0v) is 32.5. The second-order valence-electron chi connectivity index (χ2n) is 14.9. The van der Waals surface area contributed by atoms with Gasteiger partial charge in [0, 0.05) is 81.2 Å². The summed E-state index contributed by atoms with van der Waals surface area (Å²) >= 11 is 6.64. The molecule has 288 valence electrons. The molecule has 3 N–H and O–H groups in total. The van der Waals surface area contributed by atoms with Gasteiger partial charge in [-0.1, -0.05) is 11.6 Å². The molecule has 6 heterocycles. The van der Waals surface area contributed by atoms with Crippen molar-refractivity contribution in [1.82, 2.24) is 44.6 Å². The van der Waals surface area contributed by atoms with Crippen LogP contribution in [0.25, 0.3) is 21.8 Å². The first kappa shape index (κ1) is 36.8. The van der Waals surface area contributed by atoms with Gasteiger partial charge in [-0.05, 0) is 75.6 Å². The highest BCUT2D eigenvalue weighted by Gasteiger charge is 2.32. The van der Waals surface area contributed by atoms with Crippen LogP contribution in [0.5, 0.6) is 0 Å². The Kier molecular flexibility index (Phi) is 9.52. The van der Waals surface area contributed by atoms with E-state index >= 15 is 0 Å². The molecule has 8 rings (SSSR count). The molecule has 56 heavy (non-hydrogen) atoms. The summed E-state index contributed by atoms with van der Waals surface area (Å²) < 4.78 is 3.32. The molecule has 2 aliphatic heterocycles. The van der Waals surface area contributed by atoms with Gasteiger partial charge in [-0.2, -0.15) is 15.1 Å². The van der Waals surface area contributed by atoms with Gasteiger partial charge in [0.15, 0.2) is 11.6 Å². The molecule has 17 heteroatoms. The minimum Gasteiger partial charge on any atom is -0.371 e. The molecule has 1 atom stereocenters. The number of rotatable bonds is 9. The summed E-state index contributed by atoms with van der Waals surface area (Å²) in [6.07, 6.45) is 7.50. The third kappa shape index (κ3) is 6.96. The molecule has 0 radical (unpaired) electrons. The molecule has 2 aliphatic rings. The van der Waals surface area contributed by atoms with Crippen LogP contribution in [0.15, 0.2) is 65.8 Å². The molecule has 2 saturated heterocycles. The second-order valence-corrected chi connectivity index (χ2v) is 15.3. The maximum atomic E-state index is 12.8. The maximum absolute atomic E-state index is 12.8. The number of hydrogen-bond donors (Lipinski definition) is 3. The van der Waals surface area contributed by atoms with Crippen LogP contribution in [-0.2, 0) is 29.2 Å². The summed E-state index contributed by atoms with van der Waals surface area (Å²) in [7, 11) is 5.68. The van der Waals surface area contributed by atoms with Crippen molar-refractivity contribution in [2.75, 3.05) is 40.6 Å². The fraction of sp³-hybridized carbons (Fsp3) is 0.359. The highest BCUT2D eigenvalue weighted by atomic mass is 35.5. The topological polar surface area (TPSA) is 181 Å². The van der Waals surface area contributed by atoms with E-state index in [1.807, 2.05) is 49.8 Å². The minimum atomic E-state index is -0.722. The monoisotopic (exact) mass is 775 g/mol. The standard InChI is InChI=1S/C39H42ClN13O3/c1-39(2,36-41-15-6-16-42-36)48-33-27-19-22(7-11-29(27)51(4)38(56)47-33)44-34-28(40)21-43-37(46-34)53-17-13-23(14-18-53)50(3)24-8-9-25-30(20-24)52(5)49-32(25)26-10-12-31(54)45-35(26)55/h6-9,11,15-16,19-21,23,26H,10,12-14,17-18H2,1-5H3,(H,43,44,46)(H,45,54,55)(H,47,48,56). The quantitative estimate of drug-likeness (QED) is 0.171. The van der Waals surface area contributed by atoms with Crippen LogP contribution < -0.4 is 31.4 Å². The first-order valence-corrected chi connectivity index (χ1v) is 18.9. The van der Waals surface area contributed by atoms with Gasteiger partial charge in [0.2, 0.25) is 17.8 Å². The smallest absolute Gasteiger partial charge is 0.349 e. The Morgan fingerprint density at radius 3 is 2.43 bits per heavy atom. The molecule has 0 spiro atoms. The van der Waals surface area contributed by atoms with Gasteiger partial charge < -0.3 is 20.4 Å². The number of piperidine rings is 2. The van der Waals surface area contributed by atoms with Crippen molar-refractivity contribution in [3.8, 4) is 0 Å². The maximum Gasteiger partial charge on any atom is 0.349 e. The molecular weight excluding hydrogens is 734 g/mol. The van der Waals surface area contributed by atoms with E-state index in [2.05, 4.69) is 64.9 Å². The van der Waals surface area contributed by atoms with Gasteiger partial charge in [0.25, 0.3) is 0 Å². The molecular formula is C39H42ClN13O3. The molecule has 0 bridgehead atoms. The zero-order chi connectivity index (χ0) is 39.3. The average Bonchev–Trinajstić information content (AvgIpc) is 3.52. The second kappa shape index (κ2) is 14.5. The summed E-state index contributed by atoms with van der Waals surface area (Å²) in [5.74, 6) is 1.04. The van der Waals surface area contributed by atoms with Crippen molar-refractivity contribution in [3.63, 3.8) is 0 Å². The van der Waals surface area contributed by atoms with E-state index in [9.17, 15) is 14.4 Å². The predicted molar refractivity (Wildman–Crippen MR) is 215 cm³/mol. The number of imide groups is 1. The first-order chi connectivity index (χ1) is 26.9. The zero-order valence-electron chi connectivity index (χ0n) is 31.7. The highest BCUT2D eigenvalue weighted by molar-refractivity contribution is 6.33. The van der Waals surface area contributed by atoms with Crippen molar-refractivity contribution in [1.29, 1.82) is 0 Å². The van der Waals surface area contributed by atoms with Crippen molar-refractivity contribution in [3.05, 3.63) is 88.1 Å². The Bertz CT molecular complexity index is 2550. The Balaban J connectivity index is 0.970. The van der Waals surface area contributed by atoms with E-state index in [0.717, 1.165) is 47.9 Å². The van der Waals surface area contributed by atoms with Crippen molar-refractivity contribution in [2.45, 2.75) is 57.0 Å². The van der Waals surface area contributed by atoms with E-state index in [1.165, 1.54) is 4.57 Å². The molecule has 2 aromatic carbocycles. The molecule has 2 fully saturated rings. The van der Waals surface area contributed by atoms with E-state index in [4.69, 9.17) is 21.7 Å². The number of halogens is 1. The summed E-state index contributed by atoms with van der Waals surface area (Å²) in [4.78, 5) is 64.2. The van der Waals surface area contributed by atoms with Crippen molar-refractivity contribution < 1.29 is 9.59 Å². The minimum absolute atomic E-state index is 0.237. The SMILES string of the molecule is CN(c1ccc2c(C3CCC(=O)NC3=O)nn(C)c2c1)C1CCN(c2ncc(Cl)c(Nc3ccc4c(c3)c(NC(C)(C)c3ncccn3)nc(=O)n4C)n2)CC1. The lowest BCUT2D eigenvalue weighted by Gasteiger charge is -2.38. The number of carbonyl (C=O) groups is 2. The number of aryl methyl sites for hydroxylation is 2. The number of nitrogens with one attached hydrogen (secondary N) is 3. The molecule has 0 aliphatic carbocycles. The lowest BCUT2D eigenvalue weighted by Crippen LogP contribution is -2.44. The predicted octanol–water partition coefficient (Wildman–Crippen LogP) is 4.77. The van der Waals surface area contributed by atoms with Crippen LogP contribution in [0.4, 0.5) is 29.0 Å². The number of aromatic nitrogens is 8. The lowest BCUT2D eigenvalue weighted by atomic mass is 9.92. The number of nitrogens with zero attached hydrogens (tertiary/aromatic N) is 10. The van der Waals surface area contributed by atoms with Crippen molar-refractivity contribution in [2.24, 2.45) is 14.1 Å². The van der Waals surface area contributed by atoms with Crippen LogP contribution in [0.2, 0.25) is 5.02 Å². The highest BCUT2D eigenvalue weighted by Crippen LogP contribution is 2.35. The fourth-order valence-electron chi connectivity index (χ4n) is 7.60. The Morgan fingerprint density at radius 1 is 0.911 bits per heavy atom. The van der Waals surface area contributed by atoms with Crippen LogP contribution in [-0.4, -0.2) is 77.3 Å². The fourth-order valence-corrected chi connectivity index (χ4v) is 7.74. The van der Waals surface area contributed by atoms with Gasteiger partial charge in [0.05, 0.1) is 34.4 Å². The molecule has 2 amide bonds. The van der Waals surface area contributed by atoms with E-state index in [0.29, 0.717) is 58.2 Å². The summed E-state index contributed by atoms with van der Waals surface area (Å²) in [6, 6.07) is 13.9. The van der Waals surface area contributed by atoms with E-state index < -0.39 is 11.5 Å². The van der Waals surface area contributed by atoms with Crippen LogP contribution in [0, 0.1) is 0 Å². The summed E-state index contributed by atoms with van der Waals surface area (Å²) in [6.45, 7) is 5.36. The number of hydrogen-bond acceptors (Lipinski definition) is 13. The number of amides is 2. The molecule has 4 aromatic heterocycles. The Labute approximate surface area is 327 Å². The third-order valence-corrected chi connectivity index (χ3v) is 11.1. The molecule has 6 aromatic rings. The van der Waals surface area contributed by atoms with E-state index in [-0.39, 0.29) is 23.5 Å². The Hall–Kier alpha value is -6.16. The van der Waals surface area contributed by atoms with Gasteiger partial charge in [-0.3, -0.25) is 24.2 Å². The summed E-state index contributed by atoms with van der Waals surface area (Å²) in [5.41, 5.74) is 2.99. The first-order valence-electron chi connectivity index (χ1n) is 18.5. The summed E-state index contributed by atoms with van der Waals surface area (Å²) in [5, 5.41) is 15.9. The van der Waals surface area contributed by atoms with Gasteiger partial charge in [-0.25, -0.2) is 19.7 Å². The molecule has 16 nitrogen and oxygen atoms in total. The molecule has 1 unspecified atom stereocenters. The van der Waals surface area contributed by atoms with Crippen LogP contribution in [0.3, 0.4) is 0 Å². The normalized spacial score (nSPS) is 16.7. The van der Waals surface area contributed by atoms with Crippen LogP contribution >= 0.6 is 11.6 Å². The van der Waals surface area contributed by atoms with Gasteiger partial charge >= 0.3 is 5.69 Å². The Morgan fingerprint density at radius 2 is 1.68 bits per heavy atom. The number of carbonyl (C=O) groups excluding carboxylic acids is 2. The third-order valence-electron chi connectivity index (χ3n) is 10.8. The number of fused-ring (bicyclic) bond motifs is 2. The average molecular weight is 776 g/mol. The van der Waals surface area contributed by atoms with Crippen molar-refractivity contribution >= 4 is 74.2 Å². The van der Waals surface area contributed by atoms with Gasteiger partial charge in [-0.15, -0.1) is 0 Å². The molecule has 0 saturated carbocycles.